The molecule has 0 bridgehead atoms. The molecule has 0 aromatic rings. The van der Waals surface area contributed by atoms with Gasteiger partial charge >= 0.3 is 0 Å². The van der Waals surface area contributed by atoms with Crippen molar-refractivity contribution in [1.29, 1.82) is 0 Å². The molecule has 0 saturated carbocycles. The predicted octanol–water partition coefficient (Wildman–Crippen LogP) is 1.50. The van der Waals surface area contributed by atoms with Gasteiger partial charge in [0.2, 0.25) is 0 Å². The largest absolute Gasteiger partial charge is 0.340 e. The second-order valence-electron chi connectivity index (χ2n) is 3.36. The van der Waals surface area contributed by atoms with Gasteiger partial charge in [-0.1, -0.05) is 6.08 Å². The lowest BCUT2D eigenvalue weighted by Crippen LogP contribution is -2.31. The van der Waals surface area contributed by atoms with Crippen LogP contribution in [0.1, 0.15) is 13.8 Å². The number of ether oxygens (including phenoxy) is 2. The SMILES string of the molecule is C=C[C@@H]1OC(C)(C)OC1C(=O)CCl. The highest BCUT2D eigenvalue weighted by Crippen LogP contribution is 2.29. The number of alkyl halides is 1. The Kier molecular flexibility index (Phi) is 3.11. The van der Waals surface area contributed by atoms with Crippen LogP contribution in [-0.2, 0) is 14.3 Å². The Bertz CT molecular complexity index is 225. The number of hydrogen-bond donors (Lipinski definition) is 0. The molecule has 1 fully saturated rings. The number of carbonyl (C=O) groups is 1. The van der Waals surface area contributed by atoms with Gasteiger partial charge in [-0.15, -0.1) is 18.2 Å². The molecular weight excluding hydrogens is 192 g/mol. The molecule has 0 spiro atoms. The topological polar surface area (TPSA) is 35.5 Å². The van der Waals surface area contributed by atoms with Gasteiger partial charge in [-0.3, -0.25) is 4.79 Å². The summed E-state index contributed by atoms with van der Waals surface area (Å²) in [5, 5.41) is 0. The fourth-order valence-electron chi connectivity index (χ4n) is 1.29. The van der Waals surface area contributed by atoms with E-state index in [1.165, 1.54) is 0 Å². The van der Waals surface area contributed by atoms with Gasteiger partial charge in [0, 0.05) is 0 Å². The third-order valence-corrected chi connectivity index (χ3v) is 2.07. The van der Waals surface area contributed by atoms with E-state index in [9.17, 15) is 4.79 Å². The zero-order chi connectivity index (χ0) is 10.1. The van der Waals surface area contributed by atoms with Crippen molar-refractivity contribution in [2.45, 2.75) is 31.8 Å². The highest BCUT2D eigenvalue weighted by Gasteiger charge is 2.42. The van der Waals surface area contributed by atoms with Crippen molar-refractivity contribution in [3.63, 3.8) is 0 Å². The molecule has 1 aliphatic rings. The van der Waals surface area contributed by atoms with E-state index >= 15 is 0 Å². The molecule has 3 nitrogen and oxygen atoms in total. The normalized spacial score (nSPS) is 31.6. The van der Waals surface area contributed by atoms with Crippen LogP contribution in [0.25, 0.3) is 0 Å². The molecule has 1 saturated heterocycles. The zero-order valence-electron chi connectivity index (χ0n) is 7.75. The van der Waals surface area contributed by atoms with Crippen molar-refractivity contribution in [3.05, 3.63) is 12.7 Å². The van der Waals surface area contributed by atoms with Crippen LogP contribution in [-0.4, -0.2) is 29.7 Å². The summed E-state index contributed by atoms with van der Waals surface area (Å²) >= 11 is 5.43. The van der Waals surface area contributed by atoms with Crippen LogP contribution < -0.4 is 0 Å². The summed E-state index contributed by atoms with van der Waals surface area (Å²) < 4.78 is 10.8. The van der Waals surface area contributed by atoms with E-state index in [2.05, 4.69) is 6.58 Å². The Morgan fingerprint density at radius 2 is 2.23 bits per heavy atom. The molecule has 1 aliphatic heterocycles. The summed E-state index contributed by atoms with van der Waals surface area (Å²) in [4.78, 5) is 11.3. The number of carbonyl (C=O) groups excluding carboxylic acids is 1. The summed E-state index contributed by atoms with van der Waals surface area (Å²) in [5.74, 6) is -0.961. The second kappa shape index (κ2) is 3.78. The highest BCUT2D eigenvalue weighted by atomic mass is 35.5. The number of halogens is 1. The fourth-order valence-corrected chi connectivity index (χ4v) is 1.44. The maximum Gasteiger partial charge on any atom is 0.179 e. The third kappa shape index (κ3) is 2.30. The Morgan fingerprint density at radius 3 is 2.69 bits per heavy atom. The molecule has 4 heteroatoms. The molecule has 0 aromatic carbocycles. The Morgan fingerprint density at radius 1 is 1.62 bits per heavy atom. The second-order valence-corrected chi connectivity index (χ2v) is 3.62. The maximum absolute atomic E-state index is 11.3. The first-order chi connectivity index (χ1) is 6.00. The first-order valence-electron chi connectivity index (χ1n) is 4.07. The zero-order valence-corrected chi connectivity index (χ0v) is 8.50. The van der Waals surface area contributed by atoms with Crippen molar-refractivity contribution in [1.82, 2.24) is 0 Å². The van der Waals surface area contributed by atoms with Gasteiger partial charge in [0.15, 0.2) is 17.7 Å². The minimum absolute atomic E-state index is 0.0611. The van der Waals surface area contributed by atoms with Gasteiger partial charge in [-0.2, -0.15) is 0 Å². The Labute approximate surface area is 82.7 Å². The van der Waals surface area contributed by atoms with Crippen LogP contribution in [0.4, 0.5) is 0 Å². The smallest absolute Gasteiger partial charge is 0.179 e. The quantitative estimate of drug-likeness (QED) is 0.516. The average molecular weight is 205 g/mol. The number of rotatable bonds is 3. The molecule has 1 rings (SSSR count). The van der Waals surface area contributed by atoms with Gasteiger partial charge in [-0.25, -0.2) is 0 Å². The molecule has 0 radical (unpaired) electrons. The molecule has 0 N–H and O–H groups in total. The van der Waals surface area contributed by atoms with E-state index in [0.717, 1.165) is 0 Å². The van der Waals surface area contributed by atoms with Gasteiger partial charge < -0.3 is 9.47 Å². The van der Waals surface area contributed by atoms with Crippen LogP contribution in [0.3, 0.4) is 0 Å². The summed E-state index contributed by atoms with van der Waals surface area (Å²) in [7, 11) is 0. The first-order valence-corrected chi connectivity index (χ1v) is 4.60. The molecule has 1 heterocycles. The summed E-state index contributed by atoms with van der Waals surface area (Å²) in [6, 6.07) is 0. The fraction of sp³-hybridized carbons (Fsp3) is 0.667. The van der Waals surface area contributed by atoms with E-state index in [0.29, 0.717) is 0 Å². The molecule has 13 heavy (non-hydrogen) atoms. The van der Waals surface area contributed by atoms with E-state index < -0.39 is 11.9 Å². The van der Waals surface area contributed by atoms with Crippen LogP contribution in [0, 0.1) is 0 Å². The van der Waals surface area contributed by atoms with Crippen molar-refractivity contribution < 1.29 is 14.3 Å². The minimum Gasteiger partial charge on any atom is -0.340 e. The maximum atomic E-state index is 11.3. The first kappa shape index (κ1) is 10.7. The monoisotopic (exact) mass is 204 g/mol. The van der Waals surface area contributed by atoms with E-state index in [1.807, 2.05) is 0 Å². The lowest BCUT2D eigenvalue weighted by atomic mass is 10.1. The van der Waals surface area contributed by atoms with E-state index in [1.54, 1.807) is 19.9 Å². The van der Waals surface area contributed by atoms with Crippen LogP contribution in [0.5, 0.6) is 0 Å². The number of hydrogen-bond acceptors (Lipinski definition) is 3. The lowest BCUT2D eigenvalue weighted by molar-refractivity contribution is -0.152. The van der Waals surface area contributed by atoms with Gasteiger partial charge in [0.25, 0.3) is 0 Å². The average Bonchev–Trinajstić information content (AvgIpc) is 2.39. The lowest BCUT2D eigenvalue weighted by Gasteiger charge is -2.15. The molecule has 0 aliphatic carbocycles. The van der Waals surface area contributed by atoms with Gasteiger partial charge in [0.1, 0.15) is 6.10 Å². The van der Waals surface area contributed by atoms with Crippen molar-refractivity contribution in [2.75, 3.05) is 5.88 Å². The Hall–Kier alpha value is -0.380. The summed E-state index contributed by atoms with van der Waals surface area (Å²) in [6.07, 6.45) is 0.565. The third-order valence-electron chi connectivity index (χ3n) is 1.81. The number of ketones is 1. The molecule has 1 unspecified atom stereocenters. The van der Waals surface area contributed by atoms with Crippen LogP contribution in [0.15, 0.2) is 12.7 Å². The van der Waals surface area contributed by atoms with E-state index in [4.69, 9.17) is 21.1 Å². The molecule has 2 atom stereocenters. The van der Waals surface area contributed by atoms with Gasteiger partial charge in [0.05, 0.1) is 5.88 Å². The van der Waals surface area contributed by atoms with Crippen molar-refractivity contribution in [3.8, 4) is 0 Å². The molecular formula is C9H13ClO3. The predicted molar refractivity (Wildman–Crippen MR) is 49.7 cm³/mol. The summed E-state index contributed by atoms with van der Waals surface area (Å²) in [5.41, 5.74) is 0. The Balaban J connectivity index is 2.74. The van der Waals surface area contributed by atoms with Crippen molar-refractivity contribution >= 4 is 17.4 Å². The highest BCUT2D eigenvalue weighted by molar-refractivity contribution is 6.28. The van der Waals surface area contributed by atoms with Crippen molar-refractivity contribution in [2.24, 2.45) is 0 Å². The molecule has 74 valence electrons. The molecule has 0 aromatic heterocycles. The standard InChI is InChI=1S/C9H13ClO3/c1-4-7-8(6(11)5-10)13-9(2,3)12-7/h4,7-8H,1,5H2,2-3H3/t7-,8?/m0/s1. The van der Waals surface area contributed by atoms with Crippen LogP contribution >= 0.6 is 11.6 Å². The molecule has 0 amide bonds. The van der Waals surface area contributed by atoms with Crippen LogP contribution in [0.2, 0.25) is 0 Å². The summed E-state index contributed by atoms with van der Waals surface area (Å²) in [6.45, 7) is 7.08. The van der Waals surface area contributed by atoms with Gasteiger partial charge in [-0.05, 0) is 13.8 Å². The number of Topliss-reactive ketones (excluding diaryl/α,β-unsaturated/α-hetero) is 1. The van der Waals surface area contributed by atoms with E-state index in [-0.39, 0.29) is 17.8 Å². The minimum atomic E-state index is -0.731.